The topological polar surface area (TPSA) is 61.7 Å². The highest BCUT2D eigenvalue weighted by Gasteiger charge is 2.45. The zero-order valence-corrected chi connectivity index (χ0v) is 9.55. The highest BCUT2D eigenvalue weighted by molar-refractivity contribution is 7.99. The summed E-state index contributed by atoms with van der Waals surface area (Å²) in [5, 5.41) is 9.16. The van der Waals surface area contributed by atoms with Crippen molar-refractivity contribution in [2.45, 2.75) is 11.0 Å². The van der Waals surface area contributed by atoms with Crippen molar-refractivity contribution in [1.29, 1.82) is 0 Å². The molecular weight excluding hydrogens is 269 g/mol. The lowest BCUT2D eigenvalue weighted by molar-refractivity contribution is -0.141. The summed E-state index contributed by atoms with van der Waals surface area (Å²) in [7, 11) is 0. The summed E-state index contributed by atoms with van der Waals surface area (Å²) in [5.74, 6) is -1.33. The number of halogens is 3. The first-order chi connectivity index (χ1) is 8.36. The second-order valence-corrected chi connectivity index (χ2v) is 4.54. The van der Waals surface area contributed by atoms with E-state index in [1.807, 2.05) is 0 Å². The quantitative estimate of drug-likeness (QED) is 0.813. The Balaban J connectivity index is 2.51. The Bertz CT molecular complexity index is 518. The fraction of sp³-hybridized carbons (Fsp3) is 0.200. The van der Waals surface area contributed by atoms with Gasteiger partial charge in [0.25, 0.3) is 0 Å². The summed E-state index contributed by atoms with van der Waals surface area (Å²) in [6, 6.07) is 4.15. The summed E-state index contributed by atoms with van der Waals surface area (Å²) in [5.41, 5.74) is -0.931. The van der Waals surface area contributed by atoms with Gasteiger partial charge in [0, 0.05) is 5.56 Å². The van der Waals surface area contributed by atoms with E-state index in [2.05, 4.69) is 9.71 Å². The molecule has 0 saturated carbocycles. The van der Waals surface area contributed by atoms with Crippen molar-refractivity contribution in [3.8, 4) is 0 Å². The van der Waals surface area contributed by atoms with E-state index < -0.39 is 22.6 Å². The van der Waals surface area contributed by atoms with Crippen LogP contribution in [0, 0.1) is 0 Å². The molecule has 1 aliphatic rings. The van der Waals surface area contributed by atoms with Gasteiger partial charge in [0.1, 0.15) is 0 Å². The van der Waals surface area contributed by atoms with E-state index in [1.165, 1.54) is 6.07 Å². The van der Waals surface area contributed by atoms with Crippen LogP contribution in [0.25, 0.3) is 0 Å². The number of rotatable bonds is 2. The summed E-state index contributed by atoms with van der Waals surface area (Å²) in [4.78, 5) is 13.2. The number of aliphatic carboxylic acids is 1. The standard InChI is InChI=1S/C10H7F3N2O2S/c11-10(12,13)7-3-1-2-6(4-7)9(8(16)17)14-5-15-18-9/h1-5H,(H,14,15)(H,16,17). The number of benzene rings is 1. The van der Waals surface area contributed by atoms with Crippen molar-refractivity contribution in [3.05, 3.63) is 35.4 Å². The van der Waals surface area contributed by atoms with Crippen molar-refractivity contribution in [1.82, 2.24) is 4.72 Å². The number of hydrogen-bond acceptors (Lipinski definition) is 4. The first-order valence-corrected chi connectivity index (χ1v) is 5.56. The molecule has 0 fully saturated rings. The summed E-state index contributed by atoms with van der Waals surface area (Å²) < 4.78 is 40.2. The number of carbonyl (C=O) groups is 1. The number of aliphatic imine (C=N–C) groups is 1. The molecule has 1 atom stereocenters. The Morgan fingerprint density at radius 1 is 1.44 bits per heavy atom. The van der Waals surface area contributed by atoms with Crippen molar-refractivity contribution >= 4 is 24.3 Å². The van der Waals surface area contributed by atoms with E-state index in [1.54, 1.807) is 0 Å². The van der Waals surface area contributed by atoms with Gasteiger partial charge in [-0.1, -0.05) is 12.1 Å². The molecule has 2 N–H and O–H groups in total. The van der Waals surface area contributed by atoms with Crippen LogP contribution in [0.5, 0.6) is 0 Å². The average Bonchev–Trinajstić information content (AvgIpc) is 2.78. The molecule has 1 aromatic carbocycles. The highest BCUT2D eigenvalue weighted by Crippen LogP contribution is 2.41. The molecule has 96 valence electrons. The fourth-order valence-corrected chi connectivity index (χ4v) is 2.23. The second kappa shape index (κ2) is 4.20. The lowest BCUT2D eigenvalue weighted by Gasteiger charge is -2.20. The number of nitrogens with zero attached hydrogens (tertiary/aromatic N) is 1. The SMILES string of the molecule is O=C(O)C1(c2cccc(C(F)(F)F)c2)N=CNS1. The van der Waals surface area contributed by atoms with Gasteiger partial charge in [-0.2, -0.15) is 13.2 Å². The Labute approximate surface area is 104 Å². The Kier molecular flexibility index (Phi) is 2.97. The second-order valence-electron chi connectivity index (χ2n) is 3.51. The number of alkyl halides is 3. The third-order valence-electron chi connectivity index (χ3n) is 2.38. The van der Waals surface area contributed by atoms with E-state index in [0.29, 0.717) is 0 Å². The lowest BCUT2D eigenvalue weighted by Crippen LogP contribution is -2.29. The minimum atomic E-state index is -4.52. The zero-order chi connectivity index (χ0) is 13.4. The molecule has 0 amide bonds. The Hall–Kier alpha value is -1.70. The molecule has 2 rings (SSSR count). The molecule has 18 heavy (non-hydrogen) atoms. The van der Waals surface area contributed by atoms with Crippen molar-refractivity contribution < 1.29 is 23.1 Å². The zero-order valence-electron chi connectivity index (χ0n) is 8.73. The third-order valence-corrected chi connectivity index (χ3v) is 3.41. The molecule has 8 heteroatoms. The van der Waals surface area contributed by atoms with Gasteiger partial charge in [0.15, 0.2) is 0 Å². The molecule has 1 heterocycles. The first-order valence-electron chi connectivity index (χ1n) is 4.74. The number of hydrogen-bond donors (Lipinski definition) is 2. The molecule has 1 unspecified atom stereocenters. The molecular formula is C10H7F3N2O2S. The van der Waals surface area contributed by atoms with Gasteiger partial charge in [0.2, 0.25) is 4.87 Å². The molecule has 1 aromatic rings. The smallest absolute Gasteiger partial charge is 0.416 e. The number of nitrogens with one attached hydrogen (secondary N) is 1. The van der Waals surface area contributed by atoms with Crippen LogP contribution in [-0.2, 0) is 15.8 Å². The van der Waals surface area contributed by atoms with E-state index in [4.69, 9.17) is 5.11 Å². The molecule has 4 nitrogen and oxygen atoms in total. The molecule has 0 spiro atoms. The van der Waals surface area contributed by atoms with Crippen LogP contribution < -0.4 is 4.72 Å². The van der Waals surface area contributed by atoms with Gasteiger partial charge in [-0.05, 0) is 24.1 Å². The maximum atomic E-state index is 12.6. The van der Waals surface area contributed by atoms with E-state index in [0.717, 1.165) is 36.5 Å². The molecule has 0 radical (unpaired) electrons. The first kappa shape index (κ1) is 12.7. The lowest BCUT2D eigenvalue weighted by atomic mass is 10.0. The van der Waals surface area contributed by atoms with Crippen LogP contribution in [0.1, 0.15) is 11.1 Å². The molecule has 0 saturated heterocycles. The minimum absolute atomic E-state index is 0.0314. The van der Waals surface area contributed by atoms with Crippen LogP contribution in [0.2, 0.25) is 0 Å². The Morgan fingerprint density at radius 2 is 2.17 bits per heavy atom. The van der Waals surface area contributed by atoms with Crippen LogP contribution in [-0.4, -0.2) is 17.4 Å². The largest absolute Gasteiger partial charge is 0.478 e. The molecule has 0 bridgehead atoms. The summed E-state index contributed by atoms with van der Waals surface area (Å²) >= 11 is 0.731. The van der Waals surface area contributed by atoms with Gasteiger partial charge < -0.3 is 9.83 Å². The van der Waals surface area contributed by atoms with Gasteiger partial charge >= 0.3 is 12.1 Å². The van der Waals surface area contributed by atoms with Gasteiger partial charge in [-0.3, -0.25) is 0 Å². The average molecular weight is 276 g/mol. The normalized spacial score (nSPS) is 22.8. The third kappa shape index (κ3) is 2.03. The van der Waals surface area contributed by atoms with Crippen molar-refractivity contribution in [2.24, 2.45) is 4.99 Å². The maximum Gasteiger partial charge on any atom is 0.416 e. The predicted octanol–water partition coefficient (Wildman–Crippen LogP) is 2.22. The fourth-order valence-electron chi connectivity index (χ4n) is 1.52. The monoisotopic (exact) mass is 276 g/mol. The van der Waals surface area contributed by atoms with Gasteiger partial charge in [0.05, 0.1) is 11.9 Å². The van der Waals surface area contributed by atoms with Crippen molar-refractivity contribution in [2.75, 3.05) is 0 Å². The molecule has 0 aliphatic carbocycles. The molecule has 1 aliphatic heterocycles. The van der Waals surface area contributed by atoms with Crippen LogP contribution in [0.3, 0.4) is 0 Å². The predicted molar refractivity (Wildman–Crippen MR) is 60.0 cm³/mol. The highest BCUT2D eigenvalue weighted by atomic mass is 32.2. The van der Waals surface area contributed by atoms with Crippen molar-refractivity contribution in [3.63, 3.8) is 0 Å². The number of carboxylic acids is 1. The van der Waals surface area contributed by atoms with E-state index in [-0.39, 0.29) is 5.56 Å². The minimum Gasteiger partial charge on any atom is -0.478 e. The maximum absolute atomic E-state index is 12.6. The molecule has 0 aromatic heterocycles. The van der Waals surface area contributed by atoms with Crippen LogP contribution in [0.15, 0.2) is 29.3 Å². The van der Waals surface area contributed by atoms with Crippen LogP contribution in [0.4, 0.5) is 13.2 Å². The number of carboxylic acid groups (broad SMARTS) is 1. The Morgan fingerprint density at radius 3 is 2.67 bits per heavy atom. The summed E-state index contributed by atoms with van der Waals surface area (Å²) in [6.45, 7) is 0. The summed E-state index contributed by atoms with van der Waals surface area (Å²) in [6.07, 6.45) is -3.37. The van der Waals surface area contributed by atoms with Gasteiger partial charge in [-0.15, -0.1) is 0 Å². The van der Waals surface area contributed by atoms with E-state index in [9.17, 15) is 18.0 Å². The van der Waals surface area contributed by atoms with Gasteiger partial charge in [-0.25, -0.2) is 9.79 Å². The van der Waals surface area contributed by atoms with E-state index >= 15 is 0 Å². The van der Waals surface area contributed by atoms with Crippen LogP contribution >= 0.6 is 11.9 Å².